The van der Waals surface area contributed by atoms with Crippen LogP contribution >= 0.6 is 24.0 Å². The number of nitrogens with zero attached hydrogens (tertiary/aromatic N) is 2. The highest BCUT2D eigenvalue weighted by molar-refractivity contribution is 14.0. The molecule has 0 spiro atoms. The molecule has 1 N–H and O–H groups in total. The zero-order valence-electron chi connectivity index (χ0n) is 16.4. The molecule has 2 heterocycles. The first-order valence-corrected chi connectivity index (χ1v) is 10.9. The molecule has 0 radical (unpaired) electrons. The Labute approximate surface area is 175 Å². The van der Waals surface area contributed by atoms with Crippen LogP contribution in [0, 0.1) is 0 Å². The molecule has 9 heteroatoms. The third kappa shape index (κ3) is 6.49. The van der Waals surface area contributed by atoms with Gasteiger partial charge in [0.25, 0.3) is 0 Å². The van der Waals surface area contributed by atoms with Gasteiger partial charge < -0.3 is 19.7 Å². The Morgan fingerprint density at radius 3 is 2.50 bits per heavy atom. The minimum atomic E-state index is -3.16. The second-order valence-electron chi connectivity index (χ2n) is 7.57. The van der Waals surface area contributed by atoms with Crippen molar-refractivity contribution in [1.29, 1.82) is 0 Å². The van der Waals surface area contributed by atoms with E-state index >= 15 is 0 Å². The molecule has 0 bridgehead atoms. The zero-order valence-corrected chi connectivity index (χ0v) is 19.5. The Balaban J connectivity index is 0.00000338. The van der Waals surface area contributed by atoms with E-state index in [0.29, 0.717) is 6.61 Å². The van der Waals surface area contributed by atoms with Gasteiger partial charge in [-0.05, 0) is 40.5 Å². The predicted octanol–water partition coefficient (Wildman–Crippen LogP) is 1.66. The van der Waals surface area contributed by atoms with E-state index in [1.807, 2.05) is 6.92 Å². The molecule has 0 amide bonds. The van der Waals surface area contributed by atoms with Crippen molar-refractivity contribution in [3.05, 3.63) is 0 Å². The average molecular weight is 503 g/mol. The van der Waals surface area contributed by atoms with Crippen LogP contribution in [0.5, 0.6) is 0 Å². The number of hydrogen-bond acceptors (Lipinski definition) is 5. The van der Waals surface area contributed by atoms with E-state index < -0.39 is 14.6 Å². The van der Waals surface area contributed by atoms with Crippen molar-refractivity contribution in [2.75, 3.05) is 45.1 Å². The highest BCUT2D eigenvalue weighted by Crippen LogP contribution is 2.21. The van der Waals surface area contributed by atoms with Gasteiger partial charge >= 0.3 is 0 Å². The maximum atomic E-state index is 12.3. The molecule has 2 atom stereocenters. The third-order valence-corrected chi connectivity index (χ3v) is 7.25. The van der Waals surface area contributed by atoms with Crippen molar-refractivity contribution < 1.29 is 17.9 Å². The molecule has 154 valence electrons. The van der Waals surface area contributed by atoms with Crippen LogP contribution in [0.25, 0.3) is 0 Å². The summed E-state index contributed by atoms with van der Waals surface area (Å²) in [5, 5.41) is 3.27. The van der Waals surface area contributed by atoms with Gasteiger partial charge in [-0.3, -0.25) is 4.99 Å². The monoisotopic (exact) mass is 503 g/mol. The lowest BCUT2D eigenvalue weighted by Gasteiger charge is -2.37. The second-order valence-corrected chi connectivity index (χ2v) is 10.4. The van der Waals surface area contributed by atoms with E-state index in [0.717, 1.165) is 45.0 Å². The molecule has 26 heavy (non-hydrogen) atoms. The standard InChI is InChI=1S/C17H33N3O4S.HI/c1-5-18-16(19-8-12-25(21,22)17(2,3)4)20-9-11-24-15(13-20)14-7-6-10-23-14;/h14-15H,5-13H2,1-4H3,(H,18,19);1H. The number of hydrogen-bond donors (Lipinski definition) is 1. The van der Waals surface area contributed by atoms with Crippen LogP contribution in [0.4, 0.5) is 0 Å². The lowest BCUT2D eigenvalue weighted by molar-refractivity contribution is -0.0816. The number of sulfone groups is 1. The van der Waals surface area contributed by atoms with Gasteiger partial charge in [-0.15, -0.1) is 24.0 Å². The quantitative estimate of drug-likeness (QED) is 0.349. The number of nitrogens with one attached hydrogen (secondary N) is 1. The van der Waals surface area contributed by atoms with Crippen LogP contribution in [0.3, 0.4) is 0 Å². The Bertz CT molecular complexity index is 557. The van der Waals surface area contributed by atoms with Gasteiger partial charge in [0.05, 0.1) is 29.8 Å². The van der Waals surface area contributed by atoms with Gasteiger partial charge in [0.2, 0.25) is 0 Å². The van der Waals surface area contributed by atoms with Crippen LogP contribution in [0.15, 0.2) is 4.99 Å². The minimum absolute atomic E-state index is 0. The molecule has 0 aromatic rings. The molecule has 0 aliphatic carbocycles. The highest BCUT2D eigenvalue weighted by atomic mass is 127. The maximum Gasteiger partial charge on any atom is 0.194 e. The van der Waals surface area contributed by atoms with E-state index in [1.54, 1.807) is 20.8 Å². The smallest absolute Gasteiger partial charge is 0.194 e. The van der Waals surface area contributed by atoms with Crippen molar-refractivity contribution in [2.24, 2.45) is 4.99 Å². The Morgan fingerprint density at radius 1 is 1.23 bits per heavy atom. The van der Waals surface area contributed by atoms with Gasteiger partial charge in [0, 0.05) is 26.2 Å². The largest absolute Gasteiger partial charge is 0.375 e. The minimum Gasteiger partial charge on any atom is -0.375 e. The molecule has 2 aliphatic heterocycles. The lowest BCUT2D eigenvalue weighted by atomic mass is 10.1. The summed E-state index contributed by atoms with van der Waals surface area (Å²) in [7, 11) is -3.16. The lowest BCUT2D eigenvalue weighted by Crippen LogP contribution is -2.53. The number of aliphatic imine (C=N–C) groups is 1. The van der Waals surface area contributed by atoms with E-state index in [-0.39, 0.29) is 48.5 Å². The van der Waals surface area contributed by atoms with E-state index in [1.165, 1.54) is 0 Å². The molecule has 0 aromatic heterocycles. The van der Waals surface area contributed by atoms with Gasteiger partial charge in [-0.2, -0.15) is 0 Å². The summed E-state index contributed by atoms with van der Waals surface area (Å²) in [4.78, 5) is 6.71. The van der Waals surface area contributed by atoms with E-state index in [9.17, 15) is 8.42 Å². The first-order valence-electron chi connectivity index (χ1n) is 9.23. The normalized spacial score (nSPS) is 25.1. The third-order valence-electron chi connectivity index (χ3n) is 4.66. The topological polar surface area (TPSA) is 80.2 Å². The molecule has 7 nitrogen and oxygen atoms in total. The molecule has 2 aliphatic rings. The van der Waals surface area contributed by atoms with Gasteiger partial charge in [-0.25, -0.2) is 8.42 Å². The summed E-state index contributed by atoms with van der Waals surface area (Å²) in [6, 6.07) is 0. The van der Waals surface area contributed by atoms with Crippen LogP contribution in [-0.2, 0) is 19.3 Å². The first kappa shape index (κ1) is 23.9. The van der Waals surface area contributed by atoms with Gasteiger partial charge in [0.1, 0.15) is 6.10 Å². The summed E-state index contributed by atoms with van der Waals surface area (Å²) in [5.74, 6) is 0.822. The maximum absolute atomic E-state index is 12.3. The number of ether oxygens (including phenoxy) is 2. The Hall–Kier alpha value is -0.130. The van der Waals surface area contributed by atoms with Crippen molar-refractivity contribution in [3.8, 4) is 0 Å². The summed E-state index contributed by atoms with van der Waals surface area (Å²) >= 11 is 0. The molecule has 2 unspecified atom stereocenters. The zero-order chi connectivity index (χ0) is 18.5. The van der Waals surface area contributed by atoms with Crippen LogP contribution in [0.1, 0.15) is 40.5 Å². The molecular formula is C17H34IN3O4S. The summed E-state index contributed by atoms with van der Waals surface area (Å²) in [6.45, 7) is 11.1. The number of guanidine groups is 1. The fraction of sp³-hybridized carbons (Fsp3) is 0.941. The molecular weight excluding hydrogens is 469 g/mol. The Morgan fingerprint density at radius 2 is 1.92 bits per heavy atom. The summed E-state index contributed by atoms with van der Waals surface area (Å²) in [5.41, 5.74) is 0. The van der Waals surface area contributed by atoms with E-state index in [4.69, 9.17) is 9.47 Å². The van der Waals surface area contributed by atoms with Crippen LogP contribution < -0.4 is 5.32 Å². The molecule has 2 rings (SSSR count). The highest BCUT2D eigenvalue weighted by Gasteiger charge is 2.32. The fourth-order valence-corrected chi connectivity index (χ4v) is 3.94. The van der Waals surface area contributed by atoms with Crippen molar-refractivity contribution in [2.45, 2.75) is 57.5 Å². The average Bonchev–Trinajstić information content (AvgIpc) is 3.07. The van der Waals surface area contributed by atoms with Gasteiger partial charge in [-0.1, -0.05) is 0 Å². The van der Waals surface area contributed by atoms with E-state index in [2.05, 4.69) is 15.2 Å². The van der Waals surface area contributed by atoms with Crippen molar-refractivity contribution >= 4 is 39.8 Å². The molecule has 2 fully saturated rings. The van der Waals surface area contributed by atoms with Gasteiger partial charge in [0.15, 0.2) is 15.8 Å². The summed E-state index contributed by atoms with van der Waals surface area (Å²) in [6.07, 6.45) is 2.34. The SMILES string of the molecule is CCNC(=NCCS(=O)(=O)C(C)(C)C)N1CCOC(C2CCCO2)C1.I. The number of morpholine rings is 1. The second kappa shape index (κ2) is 10.4. The first-order chi connectivity index (χ1) is 11.7. The van der Waals surface area contributed by atoms with Crippen molar-refractivity contribution in [1.82, 2.24) is 10.2 Å². The van der Waals surface area contributed by atoms with Crippen LogP contribution in [0.2, 0.25) is 0 Å². The molecule has 0 saturated carbocycles. The van der Waals surface area contributed by atoms with Crippen LogP contribution in [-0.4, -0.2) is 81.4 Å². The predicted molar refractivity (Wildman–Crippen MR) is 115 cm³/mol. The summed E-state index contributed by atoms with van der Waals surface area (Å²) < 4.78 is 35.4. The Kier molecular flexibility index (Phi) is 9.59. The van der Waals surface area contributed by atoms with Crippen molar-refractivity contribution in [3.63, 3.8) is 0 Å². The fourth-order valence-electron chi connectivity index (χ4n) is 2.99. The molecule has 2 saturated heterocycles. The molecule has 0 aromatic carbocycles. The number of rotatable bonds is 5. The number of halogens is 1.